The van der Waals surface area contributed by atoms with Crippen LogP contribution in [-0.4, -0.2) is 27.1 Å². The lowest BCUT2D eigenvalue weighted by Gasteiger charge is -2.04. The van der Waals surface area contributed by atoms with Gasteiger partial charge in [-0.1, -0.05) is 6.07 Å². The first-order valence-corrected chi connectivity index (χ1v) is 5.49. The second kappa shape index (κ2) is 5.65. The maximum Gasteiger partial charge on any atom is 0.316 e. The molecular weight excluding hydrogens is 198 g/mol. The highest BCUT2D eigenvalue weighted by Gasteiger charge is 2.10. The molecule has 0 amide bonds. The normalized spacial score (nSPS) is 12.4. The van der Waals surface area contributed by atoms with Gasteiger partial charge >= 0.3 is 5.97 Å². The Morgan fingerprint density at radius 2 is 2.43 bits per heavy atom. The van der Waals surface area contributed by atoms with Crippen molar-refractivity contribution in [3.05, 3.63) is 30.1 Å². The second-order valence-corrected chi connectivity index (χ2v) is 4.37. The fourth-order valence-electron chi connectivity index (χ4n) is 0.958. The molecular formula is C10H13NO2S. The van der Waals surface area contributed by atoms with E-state index >= 15 is 0 Å². The molecule has 0 fully saturated rings. The first kappa shape index (κ1) is 11.0. The molecule has 14 heavy (non-hydrogen) atoms. The number of thioether (sulfide) groups is 1. The van der Waals surface area contributed by atoms with Crippen LogP contribution >= 0.6 is 11.8 Å². The first-order chi connectivity index (χ1) is 6.70. The lowest BCUT2D eigenvalue weighted by atomic mass is 10.3. The summed E-state index contributed by atoms with van der Waals surface area (Å²) in [6.45, 7) is 1.70. The van der Waals surface area contributed by atoms with Gasteiger partial charge in [0, 0.05) is 11.9 Å². The SMILES string of the molecule is C[C@@H](SCCc1ccccn1)C(=O)O. The summed E-state index contributed by atoms with van der Waals surface area (Å²) >= 11 is 1.44. The van der Waals surface area contributed by atoms with Crippen LogP contribution in [0.1, 0.15) is 12.6 Å². The Morgan fingerprint density at radius 3 is 3.00 bits per heavy atom. The highest BCUT2D eigenvalue weighted by atomic mass is 32.2. The quantitative estimate of drug-likeness (QED) is 0.807. The number of nitrogens with zero attached hydrogens (tertiary/aromatic N) is 1. The van der Waals surface area contributed by atoms with E-state index in [2.05, 4.69) is 4.98 Å². The Bertz CT molecular complexity index is 289. The van der Waals surface area contributed by atoms with Gasteiger partial charge < -0.3 is 5.11 Å². The van der Waals surface area contributed by atoms with Gasteiger partial charge in [-0.2, -0.15) is 0 Å². The molecule has 1 atom stereocenters. The molecule has 0 aliphatic heterocycles. The summed E-state index contributed by atoms with van der Waals surface area (Å²) in [7, 11) is 0. The van der Waals surface area contributed by atoms with Crippen molar-refractivity contribution < 1.29 is 9.90 Å². The van der Waals surface area contributed by atoms with Crippen LogP contribution in [0.25, 0.3) is 0 Å². The largest absolute Gasteiger partial charge is 0.480 e. The molecule has 0 bridgehead atoms. The van der Waals surface area contributed by atoms with Crippen molar-refractivity contribution in [1.29, 1.82) is 0 Å². The van der Waals surface area contributed by atoms with E-state index in [1.807, 2.05) is 18.2 Å². The second-order valence-electron chi connectivity index (χ2n) is 2.92. The number of hydrogen-bond acceptors (Lipinski definition) is 3. The van der Waals surface area contributed by atoms with Crippen LogP contribution in [0.3, 0.4) is 0 Å². The predicted octanol–water partition coefficient (Wildman–Crippen LogP) is 1.83. The number of rotatable bonds is 5. The van der Waals surface area contributed by atoms with Crippen molar-refractivity contribution in [1.82, 2.24) is 4.98 Å². The molecule has 0 saturated carbocycles. The van der Waals surface area contributed by atoms with Crippen molar-refractivity contribution in [2.75, 3.05) is 5.75 Å². The van der Waals surface area contributed by atoms with Crippen LogP contribution < -0.4 is 0 Å². The standard InChI is InChI=1S/C10H13NO2S/c1-8(10(12)13)14-7-5-9-4-2-3-6-11-9/h2-4,6,8H,5,7H2,1H3,(H,12,13)/t8-/m1/s1. The smallest absolute Gasteiger partial charge is 0.316 e. The molecule has 1 aromatic rings. The first-order valence-electron chi connectivity index (χ1n) is 4.44. The zero-order valence-corrected chi connectivity index (χ0v) is 8.83. The summed E-state index contributed by atoms with van der Waals surface area (Å²) < 4.78 is 0. The number of carbonyl (C=O) groups is 1. The summed E-state index contributed by atoms with van der Waals surface area (Å²) in [5, 5.41) is 8.31. The van der Waals surface area contributed by atoms with E-state index in [4.69, 9.17) is 5.11 Å². The average Bonchev–Trinajstić information content (AvgIpc) is 2.19. The minimum absolute atomic E-state index is 0.335. The molecule has 4 heteroatoms. The molecule has 0 aromatic carbocycles. The van der Waals surface area contributed by atoms with E-state index in [1.54, 1.807) is 13.1 Å². The predicted molar refractivity (Wildman–Crippen MR) is 57.5 cm³/mol. The van der Waals surface area contributed by atoms with Gasteiger partial charge in [0.05, 0.1) is 5.25 Å². The van der Waals surface area contributed by atoms with Crippen molar-refractivity contribution in [3.8, 4) is 0 Å². The van der Waals surface area contributed by atoms with Gasteiger partial charge in [0.25, 0.3) is 0 Å². The number of carboxylic acids is 1. The molecule has 0 spiro atoms. The molecule has 1 aromatic heterocycles. The molecule has 0 aliphatic rings. The van der Waals surface area contributed by atoms with Gasteiger partial charge in [-0.3, -0.25) is 9.78 Å². The monoisotopic (exact) mass is 211 g/mol. The third kappa shape index (κ3) is 3.79. The van der Waals surface area contributed by atoms with Crippen LogP contribution in [0.2, 0.25) is 0 Å². The number of carboxylic acid groups (broad SMARTS) is 1. The Morgan fingerprint density at radius 1 is 1.64 bits per heavy atom. The summed E-state index contributed by atoms with van der Waals surface area (Å²) in [6.07, 6.45) is 2.57. The van der Waals surface area contributed by atoms with Crippen molar-refractivity contribution in [2.24, 2.45) is 0 Å². The summed E-state index contributed by atoms with van der Waals surface area (Å²) in [6, 6.07) is 5.76. The highest BCUT2D eigenvalue weighted by Crippen LogP contribution is 2.12. The molecule has 1 heterocycles. The van der Waals surface area contributed by atoms with Crippen LogP contribution in [0.15, 0.2) is 24.4 Å². The van der Waals surface area contributed by atoms with Gasteiger partial charge in [-0.25, -0.2) is 0 Å². The zero-order chi connectivity index (χ0) is 10.4. The Labute approximate surface area is 87.6 Å². The molecule has 0 unspecified atom stereocenters. The van der Waals surface area contributed by atoms with Gasteiger partial charge in [0.2, 0.25) is 0 Å². The van der Waals surface area contributed by atoms with E-state index in [-0.39, 0.29) is 5.25 Å². The Kier molecular flexibility index (Phi) is 4.46. The summed E-state index contributed by atoms with van der Waals surface area (Å²) in [5.74, 6) is 0.0424. The van der Waals surface area contributed by atoms with Crippen LogP contribution in [0.4, 0.5) is 0 Å². The molecule has 1 N–H and O–H groups in total. The minimum atomic E-state index is -0.754. The lowest BCUT2D eigenvalue weighted by Crippen LogP contribution is -2.12. The summed E-state index contributed by atoms with van der Waals surface area (Å²) in [4.78, 5) is 14.7. The number of hydrogen-bond donors (Lipinski definition) is 1. The Hall–Kier alpha value is -1.03. The van der Waals surface area contributed by atoms with Crippen LogP contribution in [-0.2, 0) is 11.2 Å². The van der Waals surface area contributed by atoms with Crippen molar-refractivity contribution >= 4 is 17.7 Å². The number of aliphatic carboxylic acids is 1. The van der Waals surface area contributed by atoms with Crippen molar-refractivity contribution in [3.63, 3.8) is 0 Å². The maximum atomic E-state index is 10.5. The third-order valence-corrected chi connectivity index (χ3v) is 2.94. The number of pyridine rings is 1. The van der Waals surface area contributed by atoms with Crippen molar-refractivity contribution in [2.45, 2.75) is 18.6 Å². The van der Waals surface area contributed by atoms with Crippen LogP contribution in [0.5, 0.6) is 0 Å². The van der Waals surface area contributed by atoms with E-state index in [0.29, 0.717) is 0 Å². The van der Waals surface area contributed by atoms with E-state index in [0.717, 1.165) is 17.9 Å². The van der Waals surface area contributed by atoms with E-state index in [1.165, 1.54) is 11.8 Å². The average molecular weight is 211 g/mol. The fraction of sp³-hybridized carbons (Fsp3) is 0.400. The van der Waals surface area contributed by atoms with E-state index in [9.17, 15) is 4.79 Å². The maximum absolute atomic E-state index is 10.5. The Balaban J connectivity index is 2.26. The molecule has 1 rings (SSSR count). The highest BCUT2D eigenvalue weighted by molar-refractivity contribution is 8.00. The van der Waals surface area contributed by atoms with Gasteiger partial charge in [0.15, 0.2) is 0 Å². The number of aromatic nitrogens is 1. The zero-order valence-electron chi connectivity index (χ0n) is 8.01. The molecule has 3 nitrogen and oxygen atoms in total. The van der Waals surface area contributed by atoms with Gasteiger partial charge in [0.1, 0.15) is 0 Å². The topological polar surface area (TPSA) is 50.2 Å². The fourth-order valence-corrected chi connectivity index (χ4v) is 1.78. The number of aryl methyl sites for hydroxylation is 1. The minimum Gasteiger partial charge on any atom is -0.480 e. The molecule has 0 radical (unpaired) electrons. The third-order valence-electron chi connectivity index (χ3n) is 1.80. The molecule has 0 aliphatic carbocycles. The van der Waals surface area contributed by atoms with Gasteiger partial charge in [-0.05, 0) is 31.2 Å². The molecule has 0 saturated heterocycles. The summed E-state index contributed by atoms with van der Waals surface area (Å²) in [5.41, 5.74) is 1.01. The van der Waals surface area contributed by atoms with Crippen LogP contribution in [0, 0.1) is 0 Å². The van der Waals surface area contributed by atoms with E-state index < -0.39 is 5.97 Å². The lowest BCUT2D eigenvalue weighted by molar-refractivity contribution is -0.136. The molecule has 76 valence electrons. The van der Waals surface area contributed by atoms with Gasteiger partial charge in [-0.15, -0.1) is 11.8 Å².